The number of hydrogen-bond donors (Lipinski definition) is 2. The summed E-state index contributed by atoms with van der Waals surface area (Å²) in [5.74, 6) is -0.462. The van der Waals surface area contributed by atoms with Gasteiger partial charge in [0.2, 0.25) is 0 Å². The predicted octanol–water partition coefficient (Wildman–Crippen LogP) is 2.40. The van der Waals surface area contributed by atoms with E-state index in [0.717, 1.165) is 0 Å². The van der Waals surface area contributed by atoms with Crippen molar-refractivity contribution in [1.82, 2.24) is 5.32 Å². The Bertz CT molecular complexity index is 438. The zero-order valence-electron chi connectivity index (χ0n) is 11.7. The zero-order chi connectivity index (χ0) is 14.5. The van der Waals surface area contributed by atoms with Gasteiger partial charge in [-0.2, -0.15) is 0 Å². The Kier molecular flexibility index (Phi) is 4.92. The number of ether oxygens (including phenoxy) is 1. The molecule has 2 amide bonds. The SMILES string of the molecule is COC(=O)[C@H](NC(=O)Nc1ccccc1)C(C)(C)C. The van der Waals surface area contributed by atoms with Gasteiger partial charge >= 0.3 is 12.0 Å². The molecule has 19 heavy (non-hydrogen) atoms. The van der Waals surface area contributed by atoms with Crippen LogP contribution in [0, 0.1) is 5.41 Å². The summed E-state index contributed by atoms with van der Waals surface area (Å²) in [4.78, 5) is 23.5. The highest BCUT2D eigenvalue weighted by atomic mass is 16.5. The van der Waals surface area contributed by atoms with Crippen LogP contribution in [-0.4, -0.2) is 25.2 Å². The van der Waals surface area contributed by atoms with E-state index in [1.807, 2.05) is 39.0 Å². The van der Waals surface area contributed by atoms with Gasteiger partial charge in [0.05, 0.1) is 7.11 Å². The minimum Gasteiger partial charge on any atom is -0.467 e. The zero-order valence-corrected chi connectivity index (χ0v) is 11.7. The molecule has 0 bridgehead atoms. The highest BCUT2D eigenvalue weighted by molar-refractivity contribution is 5.92. The lowest BCUT2D eigenvalue weighted by Gasteiger charge is -2.28. The third-order valence-corrected chi connectivity index (χ3v) is 2.61. The van der Waals surface area contributed by atoms with Gasteiger partial charge in [0.25, 0.3) is 0 Å². The number of urea groups is 1. The molecule has 0 aromatic heterocycles. The van der Waals surface area contributed by atoms with Gasteiger partial charge in [-0.05, 0) is 17.5 Å². The molecule has 0 heterocycles. The van der Waals surface area contributed by atoms with Gasteiger partial charge in [-0.15, -0.1) is 0 Å². The van der Waals surface area contributed by atoms with Crippen molar-refractivity contribution in [3.05, 3.63) is 30.3 Å². The van der Waals surface area contributed by atoms with Crippen LogP contribution >= 0.6 is 0 Å². The summed E-state index contributed by atoms with van der Waals surface area (Å²) in [6, 6.07) is 7.88. The maximum atomic E-state index is 11.9. The second kappa shape index (κ2) is 6.22. The quantitative estimate of drug-likeness (QED) is 0.824. The number of esters is 1. The molecule has 0 radical (unpaired) electrons. The van der Waals surface area contributed by atoms with Gasteiger partial charge < -0.3 is 15.4 Å². The Balaban J connectivity index is 2.70. The highest BCUT2D eigenvalue weighted by Gasteiger charge is 2.33. The molecule has 0 aliphatic carbocycles. The number of amides is 2. The lowest BCUT2D eigenvalue weighted by atomic mass is 9.87. The van der Waals surface area contributed by atoms with Crippen LogP contribution in [0.5, 0.6) is 0 Å². The van der Waals surface area contributed by atoms with E-state index in [9.17, 15) is 9.59 Å². The number of hydrogen-bond acceptors (Lipinski definition) is 3. The lowest BCUT2D eigenvalue weighted by molar-refractivity contribution is -0.145. The van der Waals surface area contributed by atoms with E-state index in [2.05, 4.69) is 10.6 Å². The molecule has 1 aromatic carbocycles. The smallest absolute Gasteiger partial charge is 0.328 e. The van der Waals surface area contributed by atoms with Gasteiger partial charge in [0, 0.05) is 5.69 Å². The summed E-state index contributed by atoms with van der Waals surface area (Å²) >= 11 is 0. The molecule has 5 heteroatoms. The Morgan fingerprint density at radius 3 is 2.21 bits per heavy atom. The van der Waals surface area contributed by atoms with Crippen molar-refractivity contribution in [3.63, 3.8) is 0 Å². The van der Waals surface area contributed by atoms with Crippen LogP contribution < -0.4 is 10.6 Å². The number of nitrogens with one attached hydrogen (secondary N) is 2. The summed E-state index contributed by atoms with van der Waals surface area (Å²) < 4.78 is 4.71. The average molecular weight is 264 g/mol. The molecule has 0 aliphatic heterocycles. The van der Waals surface area contributed by atoms with Crippen molar-refractivity contribution in [2.24, 2.45) is 5.41 Å². The lowest BCUT2D eigenvalue weighted by Crippen LogP contribution is -2.50. The number of para-hydroxylation sites is 1. The molecule has 0 spiro atoms. The van der Waals surface area contributed by atoms with Gasteiger partial charge in [-0.25, -0.2) is 9.59 Å². The van der Waals surface area contributed by atoms with Gasteiger partial charge in [0.15, 0.2) is 0 Å². The Labute approximate surface area is 113 Å². The standard InChI is InChI=1S/C14H20N2O3/c1-14(2,3)11(12(17)19-4)16-13(18)15-10-8-6-5-7-9-10/h5-9,11H,1-4H3,(H2,15,16,18)/t11-/m0/s1. The van der Waals surface area contributed by atoms with E-state index in [0.29, 0.717) is 5.69 Å². The predicted molar refractivity (Wildman–Crippen MR) is 73.9 cm³/mol. The molecule has 0 unspecified atom stereocenters. The molecule has 1 rings (SSSR count). The number of carbonyl (C=O) groups is 2. The van der Waals surface area contributed by atoms with Crippen molar-refractivity contribution in [2.45, 2.75) is 26.8 Å². The van der Waals surface area contributed by atoms with E-state index in [1.54, 1.807) is 12.1 Å². The van der Waals surface area contributed by atoms with Crippen molar-refractivity contribution >= 4 is 17.7 Å². The van der Waals surface area contributed by atoms with Gasteiger partial charge in [-0.1, -0.05) is 39.0 Å². The topological polar surface area (TPSA) is 67.4 Å². The minimum atomic E-state index is -0.707. The molecule has 5 nitrogen and oxygen atoms in total. The normalized spacial score (nSPS) is 12.4. The van der Waals surface area contributed by atoms with Crippen LogP contribution in [0.25, 0.3) is 0 Å². The maximum Gasteiger partial charge on any atom is 0.328 e. The first-order valence-electron chi connectivity index (χ1n) is 6.05. The fourth-order valence-corrected chi connectivity index (χ4v) is 1.57. The Morgan fingerprint density at radius 2 is 1.74 bits per heavy atom. The minimum absolute atomic E-state index is 0.429. The molecular formula is C14H20N2O3. The number of rotatable bonds is 3. The summed E-state index contributed by atoms with van der Waals surface area (Å²) in [5.41, 5.74) is 0.235. The Morgan fingerprint density at radius 1 is 1.16 bits per heavy atom. The third kappa shape index (κ3) is 4.62. The van der Waals surface area contributed by atoms with E-state index in [1.165, 1.54) is 7.11 Å². The van der Waals surface area contributed by atoms with Crippen LogP contribution in [0.1, 0.15) is 20.8 Å². The molecule has 2 N–H and O–H groups in total. The van der Waals surface area contributed by atoms with Crippen LogP contribution in [0.3, 0.4) is 0 Å². The van der Waals surface area contributed by atoms with E-state index in [4.69, 9.17) is 4.74 Å². The molecule has 0 aliphatic rings. The van der Waals surface area contributed by atoms with Crippen LogP contribution in [0.4, 0.5) is 10.5 Å². The first-order chi connectivity index (χ1) is 8.84. The first kappa shape index (κ1) is 15.0. The van der Waals surface area contributed by atoms with Crippen molar-refractivity contribution in [1.29, 1.82) is 0 Å². The van der Waals surface area contributed by atoms with Crippen molar-refractivity contribution in [3.8, 4) is 0 Å². The molecule has 1 aromatic rings. The second-order valence-electron chi connectivity index (χ2n) is 5.29. The fourth-order valence-electron chi connectivity index (χ4n) is 1.57. The van der Waals surface area contributed by atoms with Gasteiger partial charge in [-0.3, -0.25) is 0 Å². The van der Waals surface area contributed by atoms with Crippen molar-refractivity contribution in [2.75, 3.05) is 12.4 Å². The largest absolute Gasteiger partial charge is 0.467 e. The molecule has 0 saturated carbocycles. The molecule has 0 fully saturated rings. The number of carbonyl (C=O) groups excluding carboxylic acids is 2. The summed E-state index contributed by atoms with van der Waals surface area (Å²) in [6.45, 7) is 5.58. The van der Waals surface area contributed by atoms with Crippen LogP contribution in [0.2, 0.25) is 0 Å². The van der Waals surface area contributed by atoms with E-state index >= 15 is 0 Å². The van der Waals surface area contributed by atoms with Crippen LogP contribution in [0.15, 0.2) is 30.3 Å². The second-order valence-corrected chi connectivity index (χ2v) is 5.29. The fraction of sp³-hybridized carbons (Fsp3) is 0.429. The Hall–Kier alpha value is -2.04. The van der Waals surface area contributed by atoms with E-state index in [-0.39, 0.29) is 0 Å². The molecule has 104 valence electrons. The van der Waals surface area contributed by atoms with Crippen molar-refractivity contribution < 1.29 is 14.3 Å². The molecule has 1 atom stereocenters. The number of benzene rings is 1. The summed E-state index contributed by atoms with van der Waals surface area (Å²) in [5, 5.41) is 5.30. The maximum absolute atomic E-state index is 11.9. The molecular weight excluding hydrogens is 244 g/mol. The van der Waals surface area contributed by atoms with Gasteiger partial charge in [0.1, 0.15) is 6.04 Å². The van der Waals surface area contributed by atoms with Crippen LogP contribution in [-0.2, 0) is 9.53 Å². The monoisotopic (exact) mass is 264 g/mol. The number of methoxy groups -OCH3 is 1. The molecule has 0 saturated heterocycles. The highest BCUT2D eigenvalue weighted by Crippen LogP contribution is 2.20. The van der Waals surface area contributed by atoms with E-state index < -0.39 is 23.5 Å². The average Bonchev–Trinajstić information content (AvgIpc) is 2.35. The first-order valence-corrected chi connectivity index (χ1v) is 6.05. The summed E-state index contributed by atoms with van der Waals surface area (Å²) in [6.07, 6.45) is 0. The number of anilines is 1. The third-order valence-electron chi connectivity index (χ3n) is 2.61. The summed E-state index contributed by atoms with van der Waals surface area (Å²) in [7, 11) is 1.30.